The summed E-state index contributed by atoms with van der Waals surface area (Å²) in [5.74, 6) is 0. The van der Waals surface area contributed by atoms with Gasteiger partial charge in [-0.2, -0.15) is 0 Å². The van der Waals surface area contributed by atoms with Crippen LogP contribution in [0.15, 0.2) is 18.5 Å². The van der Waals surface area contributed by atoms with Gasteiger partial charge in [0.15, 0.2) is 0 Å². The summed E-state index contributed by atoms with van der Waals surface area (Å²) >= 11 is 0. The number of nitrogens with zero attached hydrogens (tertiary/aromatic N) is 1. The predicted octanol–water partition coefficient (Wildman–Crippen LogP) is 3.98. The minimum absolute atomic E-state index is 0.413. The molecule has 1 atom stereocenters. The molecule has 0 amide bonds. The van der Waals surface area contributed by atoms with Gasteiger partial charge in [-0.3, -0.25) is 0 Å². The molecule has 2 heteroatoms. The highest BCUT2D eigenvalue weighted by Gasteiger charge is 2.12. The van der Waals surface area contributed by atoms with Gasteiger partial charge < -0.3 is 9.88 Å². The minimum Gasteiger partial charge on any atom is -0.354 e. The van der Waals surface area contributed by atoms with Gasteiger partial charge in [-0.1, -0.05) is 34.1 Å². The van der Waals surface area contributed by atoms with E-state index in [1.54, 1.807) is 0 Å². The van der Waals surface area contributed by atoms with Crippen LogP contribution in [0.25, 0.3) is 0 Å². The number of aryl methyl sites for hydroxylation is 1. The molecule has 17 heavy (non-hydrogen) atoms. The van der Waals surface area contributed by atoms with Crippen molar-refractivity contribution >= 4 is 0 Å². The van der Waals surface area contributed by atoms with Crippen molar-refractivity contribution in [3.8, 4) is 0 Å². The molecule has 1 aromatic heterocycles. The van der Waals surface area contributed by atoms with E-state index < -0.39 is 0 Å². The lowest BCUT2D eigenvalue weighted by Crippen LogP contribution is -2.15. The van der Waals surface area contributed by atoms with Crippen LogP contribution in [0.3, 0.4) is 0 Å². The Bertz CT molecular complexity index is 320. The van der Waals surface area contributed by atoms with E-state index in [1.165, 1.54) is 24.8 Å². The highest BCUT2D eigenvalue weighted by atomic mass is 15.0. The molecule has 0 saturated heterocycles. The molecular formula is C15H28N2. The Morgan fingerprint density at radius 3 is 2.59 bits per heavy atom. The first-order chi connectivity index (χ1) is 7.96. The maximum Gasteiger partial charge on any atom is 0.0332 e. The van der Waals surface area contributed by atoms with E-state index in [-0.39, 0.29) is 0 Å². The third-order valence-corrected chi connectivity index (χ3v) is 3.22. The van der Waals surface area contributed by atoms with E-state index in [2.05, 4.69) is 56.0 Å². The molecule has 0 spiro atoms. The lowest BCUT2D eigenvalue weighted by molar-refractivity contribution is 0.350. The molecule has 0 bridgehead atoms. The second kappa shape index (κ2) is 6.25. The van der Waals surface area contributed by atoms with Crippen LogP contribution in [0, 0.1) is 5.41 Å². The number of rotatable bonds is 6. The minimum atomic E-state index is 0.413. The summed E-state index contributed by atoms with van der Waals surface area (Å²) in [5, 5.41) is 3.39. The zero-order valence-corrected chi connectivity index (χ0v) is 12.1. The molecule has 2 nitrogen and oxygen atoms in total. The second-order valence-electron chi connectivity index (χ2n) is 6.12. The van der Waals surface area contributed by atoms with Crippen molar-refractivity contribution in [1.82, 2.24) is 9.88 Å². The largest absolute Gasteiger partial charge is 0.354 e. The van der Waals surface area contributed by atoms with E-state index in [1.807, 2.05) is 7.05 Å². The zero-order valence-electron chi connectivity index (χ0n) is 12.1. The smallest absolute Gasteiger partial charge is 0.0332 e. The van der Waals surface area contributed by atoms with Crippen LogP contribution in [-0.2, 0) is 6.54 Å². The fourth-order valence-corrected chi connectivity index (χ4v) is 2.04. The molecule has 0 fully saturated rings. The van der Waals surface area contributed by atoms with Gasteiger partial charge in [0.2, 0.25) is 0 Å². The number of aromatic nitrogens is 1. The number of hydrogen-bond acceptors (Lipinski definition) is 1. The molecule has 0 aliphatic carbocycles. The van der Waals surface area contributed by atoms with Crippen molar-refractivity contribution in [2.75, 3.05) is 7.05 Å². The topological polar surface area (TPSA) is 17.0 Å². The average Bonchev–Trinajstić information content (AvgIpc) is 2.70. The predicted molar refractivity (Wildman–Crippen MR) is 75.2 cm³/mol. The van der Waals surface area contributed by atoms with Crippen LogP contribution in [0.5, 0.6) is 0 Å². The fraction of sp³-hybridized carbons (Fsp3) is 0.733. The van der Waals surface area contributed by atoms with E-state index in [4.69, 9.17) is 0 Å². The summed E-state index contributed by atoms with van der Waals surface area (Å²) in [6.45, 7) is 10.2. The highest BCUT2D eigenvalue weighted by molar-refractivity contribution is 5.15. The van der Waals surface area contributed by atoms with Crippen molar-refractivity contribution in [2.24, 2.45) is 5.41 Å². The lowest BCUT2D eigenvalue weighted by Gasteiger charge is -2.18. The van der Waals surface area contributed by atoms with Crippen LogP contribution >= 0.6 is 0 Å². The number of hydrogen-bond donors (Lipinski definition) is 1. The molecule has 0 aliphatic rings. The molecular weight excluding hydrogens is 208 g/mol. The molecule has 1 aromatic rings. The van der Waals surface area contributed by atoms with Crippen molar-refractivity contribution in [1.29, 1.82) is 0 Å². The van der Waals surface area contributed by atoms with Gasteiger partial charge in [0.25, 0.3) is 0 Å². The van der Waals surface area contributed by atoms with Crippen LogP contribution in [0.1, 0.15) is 58.6 Å². The van der Waals surface area contributed by atoms with E-state index in [9.17, 15) is 0 Å². The maximum atomic E-state index is 3.39. The average molecular weight is 236 g/mol. The van der Waals surface area contributed by atoms with E-state index in [0.29, 0.717) is 11.5 Å². The molecule has 98 valence electrons. The molecule has 1 rings (SSSR count). The standard InChI is InChI=1S/C15H28N2/c1-6-7-14(16-5)13-8-10-17(12-13)11-9-15(2,3)4/h8,10,12,14,16H,6-7,9,11H2,1-5H3. The zero-order chi connectivity index (χ0) is 12.9. The molecule has 0 radical (unpaired) electrons. The van der Waals surface area contributed by atoms with Gasteiger partial charge in [0.1, 0.15) is 0 Å². The van der Waals surface area contributed by atoms with Crippen LogP contribution in [0.4, 0.5) is 0 Å². The summed E-state index contributed by atoms with van der Waals surface area (Å²) < 4.78 is 2.32. The Kier molecular flexibility index (Phi) is 5.26. The Labute approximate surface area is 106 Å². The summed E-state index contributed by atoms with van der Waals surface area (Å²) in [6.07, 6.45) is 8.15. The Hall–Kier alpha value is -0.760. The monoisotopic (exact) mass is 236 g/mol. The quantitative estimate of drug-likeness (QED) is 0.790. The first-order valence-corrected chi connectivity index (χ1v) is 6.79. The van der Waals surface area contributed by atoms with Gasteiger partial charge in [0.05, 0.1) is 0 Å². The Balaban J connectivity index is 2.58. The summed E-state index contributed by atoms with van der Waals surface area (Å²) in [6, 6.07) is 2.76. The molecule has 0 aromatic carbocycles. The highest BCUT2D eigenvalue weighted by Crippen LogP contribution is 2.22. The SMILES string of the molecule is CCCC(NC)c1ccn(CCC(C)(C)C)c1. The summed E-state index contributed by atoms with van der Waals surface area (Å²) in [4.78, 5) is 0. The summed E-state index contributed by atoms with van der Waals surface area (Å²) in [7, 11) is 2.05. The molecule has 1 N–H and O–H groups in total. The van der Waals surface area contributed by atoms with E-state index >= 15 is 0 Å². The van der Waals surface area contributed by atoms with Crippen LogP contribution in [-0.4, -0.2) is 11.6 Å². The van der Waals surface area contributed by atoms with Crippen molar-refractivity contribution in [3.05, 3.63) is 24.0 Å². The van der Waals surface area contributed by atoms with Gasteiger partial charge in [-0.15, -0.1) is 0 Å². The molecule has 0 saturated carbocycles. The maximum absolute atomic E-state index is 3.39. The normalized spacial score (nSPS) is 13.9. The van der Waals surface area contributed by atoms with Crippen molar-refractivity contribution in [2.45, 2.75) is 59.5 Å². The molecule has 1 heterocycles. The Morgan fingerprint density at radius 2 is 2.06 bits per heavy atom. The van der Waals surface area contributed by atoms with E-state index in [0.717, 1.165) is 6.54 Å². The molecule has 1 unspecified atom stereocenters. The van der Waals surface area contributed by atoms with Crippen molar-refractivity contribution < 1.29 is 0 Å². The van der Waals surface area contributed by atoms with Gasteiger partial charge in [-0.25, -0.2) is 0 Å². The first kappa shape index (κ1) is 14.3. The van der Waals surface area contributed by atoms with Gasteiger partial charge >= 0.3 is 0 Å². The van der Waals surface area contributed by atoms with Crippen LogP contribution in [0.2, 0.25) is 0 Å². The Morgan fingerprint density at radius 1 is 1.35 bits per heavy atom. The second-order valence-corrected chi connectivity index (χ2v) is 6.12. The van der Waals surface area contributed by atoms with Crippen molar-refractivity contribution in [3.63, 3.8) is 0 Å². The van der Waals surface area contributed by atoms with Crippen LogP contribution < -0.4 is 5.32 Å². The first-order valence-electron chi connectivity index (χ1n) is 6.79. The third kappa shape index (κ3) is 4.95. The van der Waals surface area contributed by atoms with Gasteiger partial charge in [0, 0.05) is 25.0 Å². The fourth-order valence-electron chi connectivity index (χ4n) is 2.04. The van der Waals surface area contributed by atoms with Gasteiger partial charge in [-0.05, 0) is 36.9 Å². The summed E-state index contributed by atoms with van der Waals surface area (Å²) in [5.41, 5.74) is 1.83. The third-order valence-electron chi connectivity index (χ3n) is 3.22. The lowest BCUT2D eigenvalue weighted by atomic mass is 9.92. The molecule has 0 aliphatic heterocycles. The number of nitrogens with one attached hydrogen (secondary N) is 1.